The van der Waals surface area contributed by atoms with Crippen molar-refractivity contribution in [2.75, 3.05) is 12.9 Å². The molecular weight excluding hydrogens is 284 g/mol. The Morgan fingerprint density at radius 2 is 2.16 bits per heavy atom. The van der Waals surface area contributed by atoms with Gasteiger partial charge in [-0.15, -0.1) is 11.8 Å². The van der Waals surface area contributed by atoms with E-state index in [1.165, 1.54) is 37.6 Å². The molecule has 0 saturated carbocycles. The summed E-state index contributed by atoms with van der Waals surface area (Å²) in [6.45, 7) is 1.50. The highest BCUT2D eigenvalue weighted by atomic mass is 32.2. The Morgan fingerprint density at radius 3 is 2.74 bits per heavy atom. The van der Waals surface area contributed by atoms with Crippen LogP contribution in [0.2, 0.25) is 0 Å². The predicted octanol–water partition coefficient (Wildman–Crippen LogP) is 2.97. The molecule has 0 aliphatic rings. The quantitative estimate of drug-likeness (QED) is 0.643. The fourth-order valence-corrected chi connectivity index (χ4v) is 3.76. The topological polar surface area (TPSA) is 63.6 Å². The van der Waals surface area contributed by atoms with Gasteiger partial charge in [0.25, 0.3) is 0 Å². The van der Waals surface area contributed by atoms with Crippen molar-refractivity contribution in [2.45, 2.75) is 17.9 Å². The first-order chi connectivity index (χ1) is 9.02. The molecule has 0 saturated heterocycles. The van der Waals surface area contributed by atoms with Gasteiger partial charge >= 0.3 is 5.97 Å². The van der Waals surface area contributed by atoms with Crippen LogP contribution in [0.3, 0.4) is 0 Å². The van der Waals surface area contributed by atoms with Gasteiger partial charge in [0, 0.05) is 12.7 Å². The number of benzene rings is 1. The lowest BCUT2D eigenvalue weighted by Gasteiger charge is -2.15. The molecule has 1 rings (SSSR count). The van der Waals surface area contributed by atoms with Crippen LogP contribution < -0.4 is 0 Å². The van der Waals surface area contributed by atoms with Crippen molar-refractivity contribution in [3.05, 3.63) is 29.8 Å². The van der Waals surface area contributed by atoms with E-state index in [2.05, 4.69) is 4.74 Å². The molecular formula is C13H16O4S2. The third-order valence-corrected chi connectivity index (χ3v) is 4.75. The summed E-state index contributed by atoms with van der Waals surface area (Å²) in [4.78, 5) is 22.3. The molecule has 104 valence electrons. The molecule has 0 bridgehead atoms. The number of carbonyl (C=O) groups excluding carboxylic acids is 2. The minimum absolute atomic E-state index is 0.00101. The van der Waals surface area contributed by atoms with E-state index in [9.17, 15) is 14.7 Å². The standard InChI is InChI=1S/C13H16O4S2/c1-9(14)19-13(18-7-6-12(16)17-2)10-4-3-5-11(15)8-10/h3-5,8,13,15H,6-7H2,1-2H3. The highest BCUT2D eigenvalue weighted by Gasteiger charge is 2.16. The Bertz CT molecular complexity index is 448. The van der Waals surface area contributed by atoms with E-state index in [4.69, 9.17) is 0 Å². The molecule has 4 nitrogen and oxygen atoms in total. The summed E-state index contributed by atoms with van der Waals surface area (Å²) in [5.41, 5.74) is 0.857. The first-order valence-electron chi connectivity index (χ1n) is 5.67. The van der Waals surface area contributed by atoms with E-state index in [1.807, 2.05) is 6.07 Å². The van der Waals surface area contributed by atoms with Crippen molar-refractivity contribution in [1.82, 2.24) is 0 Å². The smallest absolute Gasteiger partial charge is 0.306 e. The van der Waals surface area contributed by atoms with Gasteiger partial charge in [0.1, 0.15) is 5.75 Å². The summed E-state index contributed by atoms with van der Waals surface area (Å²) >= 11 is 2.67. The van der Waals surface area contributed by atoms with E-state index < -0.39 is 0 Å². The number of carbonyl (C=O) groups is 2. The second-order valence-corrected chi connectivity index (χ2v) is 6.53. The van der Waals surface area contributed by atoms with Crippen LogP contribution >= 0.6 is 23.5 Å². The van der Waals surface area contributed by atoms with Crippen molar-refractivity contribution in [2.24, 2.45) is 0 Å². The molecule has 0 aliphatic heterocycles. The molecule has 0 aliphatic carbocycles. The zero-order valence-corrected chi connectivity index (χ0v) is 12.4. The Morgan fingerprint density at radius 1 is 1.42 bits per heavy atom. The van der Waals surface area contributed by atoms with Crippen LogP contribution in [0, 0.1) is 0 Å². The lowest BCUT2D eigenvalue weighted by molar-refractivity contribution is -0.140. The summed E-state index contributed by atoms with van der Waals surface area (Å²) in [6.07, 6.45) is 0.301. The van der Waals surface area contributed by atoms with Crippen LogP contribution in [-0.2, 0) is 14.3 Å². The average Bonchev–Trinajstić information content (AvgIpc) is 2.36. The van der Waals surface area contributed by atoms with Crippen LogP contribution in [0.1, 0.15) is 23.5 Å². The van der Waals surface area contributed by atoms with Crippen molar-refractivity contribution in [3.63, 3.8) is 0 Å². The lowest BCUT2D eigenvalue weighted by Crippen LogP contribution is -2.02. The fourth-order valence-electron chi connectivity index (χ4n) is 1.37. The van der Waals surface area contributed by atoms with E-state index in [0.29, 0.717) is 12.2 Å². The molecule has 0 fully saturated rings. The van der Waals surface area contributed by atoms with Crippen LogP contribution in [-0.4, -0.2) is 29.1 Å². The molecule has 0 heterocycles. The summed E-state index contributed by atoms with van der Waals surface area (Å²) in [5, 5.41) is 9.47. The van der Waals surface area contributed by atoms with Crippen molar-refractivity contribution < 1.29 is 19.4 Å². The van der Waals surface area contributed by atoms with E-state index in [0.717, 1.165) is 5.56 Å². The summed E-state index contributed by atoms with van der Waals surface area (Å²) < 4.78 is 4.44. The Kier molecular flexibility index (Phi) is 6.80. The normalized spacial score (nSPS) is 11.9. The number of rotatable bonds is 6. The number of phenolic OH excluding ortho intramolecular Hbond substituents is 1. The SMILES string of the molecule is COC(=O)CCSC(SC(C)=O)c1cccc(O)c1. The van der Waals surface area contributed by atoms with Gasteiger partial charge in [0.2, 0.25) is 0 Å². The second kappa shape index (κ2) is 8.12. The van der Waals surface area contributed by atoms with Crippen LogP contribution in [0.5, 0.6) is 5.75 Å². The minimum Gasteiger partial charge on any atom is -0.508 e. The van der Waals surface area contributed by atoms with Gasteiger partial charge in [-0.2, -0.15) is 0 Å². The van der Waals surface area contributed by atoms with E-state index in [-0.39, 0.29) is 21.4 Å². The molecule has 1 atom stereocenters. The number of ether oxygens (including phenoxy) is 1. The number of hydrogen-bond acceptors (Lipinski definition) is 6. The summed E-state index contributed by atoms with van der Waals surface area (Å²) in [6, 6.07) is 6.80. The fraction of sp³-hybridized carbons (Fsp3) is 0.385. The number of hydrogen-bond donors (Lipinski definition) is 1. The van der Waals surface area contributed by atoms with E-state index in [1.54, 1.807) is 18.2 Å². The Balaban J connectivity index is 2.66. The molecule has 0 aromatic heterocycles. The minimum atomic E-state index is -0.269. The third kappa shape index (κ3) is 6.02. The molecule has 0 amide bonds. The number of aromatic hydroxyl groups is 1. The Labute approximate surface area is 120 Å². The maximum Gasteiger partial charge on any atom is 0.306 e. The molecule has 1 unspecified atom stereocenters. The Hall–Kier alpha value is -1.14. The molecule has 1 aromatic carbocycles. The number of phenols is 1. The second-order valence-electron chi connectivity index (χ2n) is 3.73. The monoisotopic (exact) mass is 300 g/mol. The van der Waals surface area contributed by atoms with Gasteiger partial charge in [-0.3, -0.25) is 9.59 Å². The highest BCUT2D eigenvalue weighted by Crippen LogP contribution is 2.40. The number of esters is 1. The maximum absolute atomic E-state index is 11.3. The maximum atomic E-state index is 11.3. The zero-order valence-electron chi connectivity index (χ0n) is 10.8. The first-order valence-corrected chi connectivity index (χ1v) is 7.60. The van der Waals surface area contributed by atoms with Gasteiger partial charge < -0.3 is 9.84 Å². The van der Waals surface area contributed by atoms with Gasteiger partial charge in [0.15, 0.2) is 5.12 Å². The van der Waals surface area contributed by atoms with Gasteiger partial charge in [0.05, 0.1) is 18.1 Å². The van der Waals surface area contributed by atoms with Crippen molar-refractivity contribution in [3.8, 4) is 5.75 Å². The lowest BCUT2D eigenvalue weighted by atomic mass is 10.2. The molecule has 0 radical (unpaired) electrons. The van der Waals surface area contributed by atoms with Crippen molar-refractivity contribution in [1.29, 1.82) is 0 Å². The molecule has 1 aromatic rings. The van der Waals surface area contributed by atoms with Crippen LogP contribution in [0.4, 0.5) is 0 Å². The number of thioether (sulfide) groups is 2. The van der Waals surface area contributed by atoms with Gasteiger partial charge in [-0.05, 0) is 17.7 Å². The summed E-state index contributed by atoms with van der Waals surface area (Å²) in [5.74, 6) is 0.461. The number of methoxy groups -OCH3 is 1. The average molecular weight is 300 g/mol. The molecule has 19 heavy (non-hydrogen) atoms. The molecule has 1 N–H and O–H groups in total. The third-order valence-electron chi connectivity index (χ3n) is 2.22. The van der Waals surface area contributed by atoms with Crippen LogP contribution in [0.25, 0.3) is 0 Å². The van der Waals surface area contributed by atoms with Gasteiger partial charge in [-0.25, -0.2) is 0 Å². The molecule has 6 heteroatoms. The predicted molar refractivity (Wildman–Crippen MR) is 78.2 cm³/mol. The highest BCUT2D eigenvalue weighted by molar-refractivity contribution is 8.24. The molecule has 0 spiro atoms. The largest absolute Gasteiger partial charge is 0.508 e. The van der Waals surface area contributed by atoms with Crippen molar-refractivity contribution >= 4 is 34.6 Å². The van der Waals surface area contributed by atoms with Crippen LogP contribution in [0.15, 0.2) is 24.3 Å². The van der Waals surface area contributed by atoms with Gasteiger partial charge in [-0.1, -0.05) is 23.9 Å². The zero-order chi connectivity index (χ0) is 14.3. The summed E-state index contributed by atoms with van der Waals surface area (Å²) in [7, 11) is 1.35. The first kappa shape index (κ1) is 15.9. The van der Waals surface area contributed by atoms with E-state index >= 15 is 0 Å².